The Morgan fingerprint density at radius 3 is 2.36 bits per heavy atom. The van der Waals surface area contributed by atoms with Gasteiger partial charge in [0, 0.05) is 17.8 Å². The first-order valence-corrected chi connectivity index (χ1v) is 8.60. The summed E-state index contributed by atoms with van der Waals surface area (Å²) in [5.41, 5.74) is 5.87. The van der Waals surface area contributed by atoms with Gasteiger partial charge in [-0.1, -0.05) is 18.2 Å². The molecule has 2 aromatic carbocycles. The minimum atomic E-state index is -0.418. The summed E-state index contributed by atoms with van der Waals surface area (Å²) in [7, 11) is 0. The number of hydrogen-bond donors (Lipinski definition) is 1. The summed E-state index contributed by atoms with van der Waals surface area (Å²) in [6.45, 7) is 3.54. The Bertz CT molecular complexity index is 820. The van der Waals surface area contributed by atoms with Gasteiger partial charge in [0.25, 0.3) is 5.69 Å². The number of non-ortho nitro benzene ring substituents is 1. The third-order valence-corrected chi connectivity index (χ3v) is 4.77. The molecule has 0 heterocycles. The van der Waals surface area contributed by atoms with Crippen LogP contribution in [-0.4, -0.2) is 10.8 Å². The number of carbonyl (C=O) groups is 1. The number of benzene rings is 2. The smallest absolute Gasteiger partial charge is 0.270 e. The fourth-order valence-corrected chi connectivity index (χ4v) is 3.51. The lowest BCUT2D eigenvalue weighted by atomic mass is 9.90. The number of nitrogens with zero attached hydrogens (tertiary/aromatic N) is 1. The van der Waals surface area contributed by atoms with Crippen LogP contribution in [-0.2, 0) is 24.1 Å². The normalized spacial score (nSPS) is 13.2. The lowest BCUT2D eigenvalue weighted by molar-refractivity contribution is -0.384. The topological polar surface area (TPSA) is 72.2 Å². The lowest BCUT2D eigenvalue weighted by Gasteiger charge is -2.17. The zero-order valence-electron chi connectivity index (χ0n) is 14.6. The molecule has 0 fully saturated rings. The Kier molecular flexibility index (Phi) is 4.83. The second-order valence-corrected chi connectivity index (χ2v) is 6.75. The van der Waals surface area contributed by atoms with Gasteiger partial charge in [0.15, 0.2) is 0 Å². The van der Waals surface area contributed by atoms with Crippen molar-refractivity contribution in [3.63, 3.8) is 0 Å². The third kappa shape index (κ3) is 3.87. The van der Waals surface area contributed by atoms with Crippen LogP contribution in [0, 0.1) is 24.0 Å². The molecule has 0 radical (unpaired) electrons. The van der Waals surface area contributed by atoms with Gasteiger partial charge in [-0.25, -0.2) is 0 Å². The van der Waals surface area contributed by atoms with Gasteiger partial charge in [-0.3, -0.25) is 14.9 Å². The number of nitro benzene ring substituents is 1. The van der Waals surface area contributed by atoms with E-state index in [1.54, 1.807) is 13.8 Å². The quantitative estimate of drug-likeness (QED) is 0.668. The molecule has 25 heavy (non-hydrogen) atoms. The summed E-state index contributed by atoms with van der Waals surface area (Å²) < 4.78 is 0. The number of nitro groups is 1. The highest BCUT2D eigenvalue weighted by Gasteiger charge is 2.15. The molecule has 2 aromatic rings. The van der Waals surface area contributed by atoms with Crippen LogP contribution in [0.15, 0.2) is 30.3 Å². The molecule has 1 amide bonds. The van der Waals surface area contributed by atoms with E-state index in [1.165, 1.54) is 36.1 Å². The maximum absolute atomic E-state index is 12.4. The predicted octanol–water partition coefficient (Wildman–Crippen LogP) is 4.27. The van der Waals surface area contributed by atoms with E-state index in [0.717, 1.165) is 18.4 Å². The molecular formula is C20H22N2O3. The Balaban J connectivity index is 1.74. The number of aryl methyl sites for hydroxylation is 4. The third-order valence-electron chi connectivity index (χ3n) is 4.77. The number of anilines is 1. The molecule has 0 aromatic heterocycles. The van der Waals surface area contributed by atoms with Crippen molar-refractivity contribution in [2.24, 2.45) is 0 Å². The minimum Gasteiger partial charge on any atom is -0.325 e. The number of nitrogens with one attached hydrogen (secondary N) is 1. The first-order valence-electron chi connectivity index (χ1n) is 8.60. The van der Waals surface area contributed by atoms with Crippen molar-refractivity contribution in [1.82, 2.24) is 0 Å². The van der Waals surface area contributed by atoms with E-state index < -0.39 is 4.92 Å². The van der Waals surface area contributed by atoms with Crippen molar-refractivity contribution in [3.8, 4) is 0 Å². The van der Waals surface area contributed by atoms with E-state index in [0.29, 0.717) is 23.2 Å². The fraction of sp³-hybridized carbons (Fsp3) is 0.350. The molecule has 0 saturated carbocycles. The Morgan fingerprint density at radius 1 is 1.08 bits per heavy atom. The summed E-state index contributed by atoms with van der Waals surface area (Å²) in [6, 6.07) is 9.28. The molecular weight excluding hydrogens is 316 g/mol. The van der Waals surface area contributed by atoms with E-state index in [4.69, 9.17) is 0 Å². The van der Waals surface area contributed by atoms with Crippen molar-refractivity contribution in [1.29, 1.82) is 0 Å². The average molecular weight is 338 g/mol. The van der Waals surface area contributed by atoms with Gasteiger partial charge < -0.3 is 5.32 Å². The molecule has 0 bridgehead atoms. The van der Waals surface area contributed by atoms with Gasteiger partial charge in [-0.15, -0.1) is 0 Å². The fourth-order valence-electron chi connectivity index (χ4n) is 3.51. The Labute approximate surface area is 147 Å². The second-order valence-electron chi connectivity index (χ2n) is 6.75. The molecule has 0 aliphatic heterocycles. The maximum Gasteiger partial charge on any atom is 0.270 e. The van der Waals surface area contributed by atoms with E-state index in [9.17, 15) is 14.9 Å². The maximum atomic E-state index is 12.4. The van der Waals surface area contributed by atoms with E-state index in [2.05, 4.69) is 17.4 Å². The van der Waals surface area contributed by atoms with E-state index in [1.807, 2.05) is 6.07 Å². The molecule has 1 aliphatic carbocycles. The van der Waals surface area contributed by atoms with Crippen LogP contribution in [0.5, 0.6) is 0 Å². The van der Waals surface area contributed by atoms with Crippen LogP contribution in [0.1, 0.15) is 40.7 Å². The van der Waals surface area contributed by atoms with Crippen molar-refractivity contribution < 1.29 is 9.72 Å². The summed E-state index contributed by atoms with van der Waals surface area (Å²) in [5.74, 6) is -0.101. The van der Waals surface area contributed by atoms with Crippen molar-refractivity contribution >= 4 is 17.3 Å². The van der Waals surface area contributed by atoms with Crippen molar-refractivity contribution in [2.75, 3.05) is 5.32 Å². The lowest BCUT2D eigenvalue weighted by Crippen LogP contribution is -2.16. The highest BCUT2D eigenvalue weighted by Crippen LogP contribution is 2.27. The number of carbonyl (C=O) groups excluding carboxylic acids is 1. The van der Waals surface area contributed by atoms with Crippen molar-refractivity contribution in [2.45, 2.75) is 46.0 Å². The standard InChI is InChI=1S/C20H22N2O3/c1-13-9-18(22(24)25)10-14(2)20(13)21-19(23)12-15-7-8-16-5-3-4-6-17(16)11-15/h7-11H,3-6,12H2,1-2H3,(H,21,23). The van der Waals surface area contributed by atoms with Gasteiger partial charge >= 0.3 is 0 Å². The zero-order valence-corrected chi connectivity index (χ0v) is 14.6. The highest BCUT2D eigenvalue weighted by atomic mass is 16.6. The van der Waals surface area contributed by atoms with Crippen LogP contribution >= 0.6 is 0 Å². The van der Waals surface area contributed by atoms with E-state index in [-0.39, 0.29) is 11.6 Å². The summed E-state index contributed by atoms with van der Waals surface area (Å²) >= 11 is 0. The molecule has 130 valence electrons. The highest BCUT2D eigenvalue weighted by molar-refractivity contribution is 5.94. The Morgan fingerprint density at radius 2 is 1.72 bits per heavy atom. The monoisotopic (exact) mass is 338 g/mol. The molecule has 5 nitrogen and oxygen atoms in total. The number of amides is 1. The minimum absolute atomic E-state index is 0.0442. The SMILES string of the molecule is Cc1cc([N+](=O)[O-])cc(C)c1NC(=O)Cc1ccc2c(c1)CCCC2. The van der Waals surface area contributed by atoms with Crippen LogP contribution in [0.3, 0.4) is 0 Å². The molecule has 0 unspecified atom stereocenters. The molecule has 5 heteroatoms. The zero-order chi connectivity index (χ0) is 18.0. The molecule has 3 rings (SSSR count). The molecule has 1 aliphatic rings. The summed E-state index contributed by atoms with van der Waals surface area (Å²) in [4.78, 5) is 22.9. The van der Waals surface area contributed by atoms with Gasteiger partial charge in [-0.05, 0) is 67.3 Å². The Hall–Kier alpha value is -2.69. The molecule has 0 spiro atoms. The molecule has 0 atom stereocenters. The summed E-state index contributed by atoms with van der Waals surface area (Å²) in [5, 5.41) is 13.8. The van der Waals surface area contributed by atoms with Crippen LogP contribution in [0.4, 0.5) is 11.4 Å². The van der Waals surface area contributed by atoms with E-state index >= 15 is 0 Å². The number of rotatable bonds is 4. The first-order chi connectivity index (χ1) is 11.9. The van der Waals surface area contributed by atoms with Gasteiger partial charge in [0.05, 0.1) is 11.3 Å². The van der Waals surface area contributed by atoms with Crippen LogP contribution in [0.2, 0.25) is 0 Å². The van der Waals surface area contributed by atoms with Gasteiger partial charge in [0.2, 0.25) is 5.91 Å². The van der Waals surface area contributed by atoms with Crippen LogP contribution < -0.4 is 5.32 Å². The number of fused-ring (bicyclic) bond motifs is 1. The van der Waals surface area contributed by atoms with Crippen molar-refractivity contribution in [3.05, 3.63) is 68.3 Å². The predicted molar refractivity (Wildman–Crippen MR) is 98.0 cm³/mol. The van der Waals surface area contributed by atoms with Gasteiger partial charge in [0.1, 0.15) is 0 Å². The second kappa shape index (κ2) is 7.05. The summed E-state index contributed by atoms with van der Waals surface area (Å²) in [6.07, 6.45) is 4.98. The largest absolute Gasteiger partial charge is 0.325 e. The molecule has 0 saturated heterocycles. The van der Waals surface area contributed by atoms with Crippen LogP contribution in [0.25, 0.3) is 0 Å². The number of hydrogen-bond acceptors (Lipinski definition) is 3. The molecule has 1 N–H and O–H groups in total. The average Bonchev–Trinajstić information content (AvgIpc) is 2.57. The first kappa shape index (κ1) is 17.1. The van der Waals surface area contributed by atoms with Gasteiger partial charge in [-0.2, -0.15) is 0 Å².